The molecule has 0 saturated carbocycles. The number of hydrogen-bond acceptors (Lipinski definition) is 6. The number of rotatable bonds is 4. The maximum atomic E-state index is 13.0. The third-order valence-electron chi connectivity index (χ3n) is 4.29. The lowest BCUT2D eigenvalue weighted by molar-refractivity contribution is 0.0614. The zero-order valence-corrected chi connectivity index (χ0v) is 17.5. The number of imidazole rings is 1. The molecule has 0 aliphatic heterocycles. The van der Waals surface area contributed by atoms with Gasteiger partial charge in [-0.3, -0.25) is 0 Å². The van der Waals surface area contributed by atoms with E-state index in [-0.39, 0.29) is 11.4 Å². The van der Waals surface area contributed by atoms with E-state index in [1.165, 1.54) is 23.4 Å². The minimum Gasteiger partial charge on any atom is -0.443 e. The molecule has 3 aromatic heterocycles. The molecule has 0 atom stereocenters. The lowest BCUT2D eigenvalue weighted by Crippen LogP contribution is -2.31. The largest absolute Gasteiger partial charge is 0.443 e. The highest BCUT2D eigenvalue weighted by Gasteiger charge is 2.21. The molecule has 4 rings (SSSR count). The van der Waals surface area contributed by atoms with Crippen molar-refractivity contribution in [2.24, 2.45) is 0 Å². The molecule has 10 heteroatoms. The number of hydrogen-bond donors (Lipinski definition) is 1. The van der Waals surface area contributed by atoms with E-state index in [2.05, 4.69) is 15.4 Å². The van der Waals surface area contributed by atoms with Crippen molar-refractivity contribution in [3.63, 3.8) is 0 Å². The van der Waals surface area contributed by atoms with Gasteiger partial charge < -0.3 is 4.74 Å². The molecule has 30 heavy (non-hydrogen) atoms. The Bertz CT molecular complexity index is 1330. The standard InChI is InChI=1S/C20H21N5O4S/c1-20(2,3)29-19(26)23-24-13-22-16-11-21-18-15(17(16)24)9-10-25(18)30(27,28)12-14-7-5-4-6-8-14/h4-11,13H,12H2,1-3H3,(H,23,26). The van der Waals surface area contributed by atoms with Gasteiger partial charge in [0.1, 0.15) is 23.0 Å². The van der Waals surface area contributed by atoms with Crippen LogP contribution in [0.1, 0.15) is 26.3 Å². The first-order chi connectivity index (χ1) is 14.1. The fraction of sp³-hybridized carbons (Fsp3) is 0.250. The summed E-state index contributed by atoms with van der Waals surface area (Å²) in [6, 6.07) is 10.6. The van der Waals surface area contributed by atoms with Crippen LogP contribution in [0.3, 0.4) is 0 Å². The van der Waals surface area contributed by atoms with E-state index in [4.69, 9.17) is 4.74 Å². The third kappa shape index (κ3) is 3.86. The van der Waals surface area contributed by atoms with Crippen LogP contribution in [0.5, 0.6) is 0 Å². The van der Waals surface area contributed by atoms with E-state index >= 15 is 0 Å². The number of carbonyl (C=O) groups excluding carboxylic acids is 1. The predicted molar refractivity (Wildman–Crippen MR) is 113 cm³/mol. The van der Waals surface area contributed by atoms with Gasteiger partial charge in [0.05, 0.1) is 11.9 Å². The molecule has 0 saturated heterocycles. The van der Waals surface area contributed by atoms with Gasteiger partial charge in [-0.1, -0.05) is 30.3 Å². The second-order valence-electron chi connectivity index (χ2n) is 7.81. The van der Waals surface area contributed by atoms with Crippen molar-refractivity contribution < 1.29 is 17.9 Å². The highest BCUT2D eigenvalue weighted by Crippen LogP contribution is 2.25. The number of aromatic nitrogens is 4. The molecule has 3 heterocycles. The zero-order valence-electron chi connectivity index (χ0n) is 16.7. The summed E-state index contributed by atoms with van der Waals surface area (Å²) in [5, 5.41) is 0.540. The van der Waals surface area contributed by atoms with Crippen LogP contribution in [0.4, 0.5) is 4.79 Å². The lowest BCUT2D eigenvalue weighted by Gasteiger charge is -2.20. The molecule has 1 N–H and O–H groups in total. The Labute approximate surface area is 173 Å². The fourth-order valence-electron chi connectivity index (χ4n) is 3.13. The van der Waals surface area contributed by atoms with Crippen LogP contribution in [0, 0.1) is 0 Å². The van der Waals surface area contributed by atoms with Crippen LogP contribution in [0.25, 0.3) is 22.1 Å². The summed E-state index contributed by atoms with van der Waals surface area (Å²) in [6.07, 6.45) is 3.70. The number of pyridine rings is 1. The number of nitrogens with zero attached hydrogens (tertiary/aromatic N) is 4. The van der Waals surface area contributed by atoms with Crippen molar-refractivity contribution >= 4 is 38.2 Å². The van der Waals surface area contributed by atoms with Crippen LogP contribution in [0.2, 0.25) is 0 Å². The molecule has 0 aliphatic rings. The maximum absolute atomic E-state index is 13.0. The van der Waals surface area contributed by atoms with Crippen LogP contribution in [0.15, 0.2) is 55.1 Å². The highest BCUT2D eigenvalue weighted by atomic mass is 32.2. The zero-order chi connectivity index (χ0) is 21.5. The van der Waals surface area contributed by atoms with Crippen LogP contribution in [-0.4, -0.2) is 38.7 Å². The van der Waals surface area contributed by atoms with Gasteiger partial charge in [-0.2, -0.15) is 0 Å². The maximum Gasteiger partial charge on any atom is 0.427 e. The molecule has 1 amide bonds. The molecule has 156 valence electrons. The molecule has 1 aromatic carbocycles. The fourth-order valence-corrected chi connectivity index (χ4v) is 4.54. The molecule has 0 unspecified atom stereocenters. The summed E-state index contributed by atoms with van der Waals surface area (Å²) in [5.41, 5.74) is 3.92. The van der Waals surface area contributed by atoms with E-state index in [1.807, 2.05) is 6.07 Å². The minimum atomic E-state index is -3.70. The Morgan fingerprint density at radius 1 is 1.13 bits per heavy atom. The van der Waals surface area contributed by atoms with Gasteiger partial charge >= 0.3 is 6.09 Å². The topological polar surface area (TPSA) is 108 Å². The molecule has 0 fully saturated rings. The number of ether oxygens (including phenoxy) is 1. The van der Waals surface area contributed by atoms with Crippen molar-refractivity contribution in [2.75, 3.05) is 5.43 Å². The Morgan fingerprint density at radius 3 is 2.57 bits per heavy atom. The summed E-state index contributed by atoms with van der Waals surface area (Å²) < 4.78 is 33.8. The summed E-state index contributed by atoms with van der Waals surface area (Å²) in [7, 11) is -3.70. The SMILES string of the molecule is CC(C)(C)OC(=O)Nn1cnc2cnc3c(ccn3S(=O)(=O)Cc3ccccc3)c21. The monoisotopic (exact) mass is 427 g/mol. The Balaban J connectivity index is 1.74. The van der Waals surface area contributed by atoms with Crippen LogP contribution in [-0.2, 0) is 20.5 Å². The van der Waals surface area contributed by atoms with E-state index in [1.54, 1.807) is 51.1 Å². The van der Waals surface area contributed by atoms with Crippen LogP contribution >= 0.6 is 0 Å². The van der Waals surface area contributed by atoms with Gasteiger partial charge in [0.25, 0.3) is 0 Å². The summed E-state index contributed by atoms with van der Waals surface area (Å²) >= 11 is 0. The molecule has 0 radical (unpaired) electrons. The second-order valence-corrected chi connectivity index (χ2v) is 9.66. The number of amides is 1. The third-order valence-corrected chi connectivity index (χ3v) is 5.88. The Morgan fingerprint density at radius 2 is 1.87 bits per heavy atom. The summed E-state index contributed by atoms with van der Waals surface area (Å²) in [5.74, 6) is -0.160. The van der Waals surface area contributed by atoms with Gasteiger partial charge in [0.2, 0.25) is 10.0 Å². The quantitative estimate of drug-likeness (QED) is 0.536. The van der Waals surface area contributed by atoms with Crippen molar-refractivity contribution in [3.05, 3.63) is 60.7 Å². The van der Waals surface area contributed by atoms with Gasteiger partial charge in [-0.15, -0.1) is 0 Å². The van der Waals surface area contributed by atoms with Crippen molar-refractivity contribution in [1.29, 1.82) is 0 Å². The van der Waals surface area contributed by atoms with Crippen molar-refractivity contribution in [2.45, 2.75) is 32.1 Å². The number of carbonyl (C=O) groups is 1. The molecule has 9 nitrogen and oxygen atoms in total. The number of benzene rings is 1. The van der Waals surface area contributed by atoms with Gasteiger partial charge in [-0.05, 0) is 32.4 Å². The second kappa shape index (κ2) is 7.13. The molecule has 0 spiro atoms. The van der Waals surface area contributed by atoms with E-state index in [0.29, 0.717) is 22.0 Å². The number of nitrogens with one attached hydrogen (secondary N) is 1. The summed E-state index contributed by atoms with van der Waals surface area (Å²) in [4.78, 5) is 20.7. The summed E-state index contributed by atoms with van der Waals surface area (Å²) in [6.45, 7) is 5.29. The molecule has 0 aliphatic carbocycles. The van der Waals surface area contributed by atoms with E-state index < -0.39 is 21.7 Å². The first-order valence-electron chi connectivity index (χ1n) is 9.24. The van der Waals surface area contributed by atoms with Crippen molar-refractivity contribution in [1.82, 2.24) is 18.6 Å². The van der Waals surface area contributed by atoms with Gasteiger partial charge in [0.15, 0.2) is 5.65 Å². The van der Waals surface area contributed by atoms with Gasteiger partial charge in [0, 0.05) is 11.6 Å². The van der Waals surface area contributed by atoms with E-state index in [9.17, 15) is 13.2 Å². The average Bonchev–Trinajstić information content (AvgIpc) is 3.24. The first kappa shape index (κ1) is 19.9. The average molecular weight is 427 g/mol. The van der Waals surface area contributed by atoms with Crippen molar-refractivity contribution in [3.8, 4) is 0 Å². The normalized spacial score (nSPS) is 12.4. The van der Waals surface area contributed by atoms with E-state index in [0.717, 1.165) is 3.97 Å². The highest BCUT2D eigenvalue weighted by molar-refractivity contribution is 7.89. The first-order valence-corrected chi connectivity index (χ1v) is 10.9. The molecule has 4 aromatic rings. The van der Waals surface area contributed by atoms with Gasteiger partial charge in [-0.25, -0.2) is 37.3 Å². The smallest absolute Gasteiger partial charge is 0.427 e. The lowest BCUT2D eigenvalue weighted by atomic mass is 10.2. The molecular formula is C20H21N5O4S. The molecule has 0 bridgehead atoms. The number of fused-ring (bicyclic) bond motifs is 3. The molecular weight excluding hydrogens is 406 g/mol. The predicted octanol–water partition coefficient (Wildman–Crippen LogP) is 3.24. The Kier molecular flexibility index (Phi) is 4.73. The Hall–Kier alpha value is -3.40. The van der Waals surface area contributed by atoms with Crippen LogP contribution < -0.4 is 5.43 Å². The minimum absolute atomic E-state index is 0.160.